The van der Waals surface area contributed by atoms with E-state index in [9.17, 15) is 9.59 Å². The van der Waals surface area contributed by atoms with Gasteiger partial charge in [0.2, 0.25) is 0 Å². The quantitative estimate of drug-likeness (QED) is 0.286. The minimum Gasteiger partial charge on any atom is -0.384 e. The van der Waals surface area contributed by atoms with E-state index in [1.54, 1.807) is 6.07 Å². The van der Waals surface area contributed by atoms with Crippen LogP contribution in [-0.2, 0) is 11.2 Å². The van der Waals surface area contributed by atoms with Crippen molar-refractivity contribution in [3.05, 3.63) is 40.7 Å². The molecule has 0 unspecified atom stereocenters. The summed E-state index contributed by atoms with van der Waals surface area (Å²) >= 11 is 0. The van der Waals surface area contributed by atoms with Crippen molar-refractivity contribution in [1.29, 1.82) is 0 Å². The first-order valence-corrected chi connectivity index (χ1v) is 13.2. The number of nitrogens with zero attached hydrogens (tertiary/aromatic N) is 2. The normalized spacial score (nSPS) is 12.6. The Morgan fingerprint density at radius 3 is 2.38 bits per heavy atom. The third-order valence-corrected chi connectivity index (χ3v) is 7.22. The molecular formula is C29H47N5O3. The predicted molar refractivity (Wildman–Crippen MR) is 151 cm³/mol. The largest absolute Gasteiger partial charge is 0.384 e. The van der Waals surface area contributed by atoms with Crippen molar-refractivity contribution in [2.75, 3.05) is 25.0 Å². The lowest BCUT2D eigenvalue weighted by atomic mass is 9.84. The molecule has 0 aliphatic carbocycles. The fourth-order valence-electron chi connectivity index (χ4n) is 4.17. The Bertz CT molecular complexity index is 1090. The number of primary amides is 1. The van der Waals surface area contributed by atoms with Gasteiger partial charge in [0.1, 0.15) is 0 Å². The highest BCUT2D eigenvalue weighted by molar-refractivity contribution is 5.99. The van der Waals surface area contributed by atoms with E-state index in [2.05, 4.69) is 58.9 Å². The molecule has 8 heteroatoms. The van der Waals surface area contributed by atoms with Crippen LogP contribution in [0.5, 0.6) is 0 Å². The lowest BCUT2D eigenvalue weighted by molar-refractivity contribution is -0.0316. The van der Waals surface area contributed by atoms with Gasteiger partial charge < -0.3 is 21.5 Å². The van der Waals surface area contributed by atoms with Gasteiger partial charge in [-0.3, -0.25) is 9.59 Å². The molecule has 0 spiro atoms. The van der Waals surface area contributed by atoms with Crippen molar-refractivity contribution in [3.63, 3.8) is 0 Å². The topological polar surface area (TPSA) is 125 Å². The van der Waals surface area contributed by atoms with E-state index in [1.807, 2.05) is 23.7 Å². The van der Waals surface area contributed by atoms with Gasteiger partial charge >= 0.3 is 0 Å². The average molecular weight is 514 g/mol. The second-order valence-corrected chi connectivity index (χ2v) is 12.2. The van der Waals surface area contributed by atoms with E-state index in [1.165, 1.54) is 0 Å². The number of carbonyl (C=O) groups excluding carboxylic acids is 2. The molecule has 0 fully saturated rings. The minimum atomic E-state index is -0.503. The van der Waals surface area contributed by atoms with Crippen LogP contribution < -0.4 is 16.8 Å². The van der Waals surface area contributed by atoms with Crippen molar-refractivity contribution in [1.82, 2.24) is 9.78 Å². The van der Waals surface area contributed by atoms with Gasteiger partial charge in [-0.15, -0.1) is 0 Å². The molecule has 2 rings (SSSR count). The Hall–Kier alpha value is -2.71. The number of hydrogen-bond acceptors (Lipinski definition) is 6. The molecule has 0 radical (unpaired) electrons. The number of amides is 1. The average Bonchev–Trinajstić information content (AvgIpc) is 3.11. The predicted octanol–water partition coefficient (Wildman–Crippen LogP) is 5.04. The molecule has 1 amide bonds. The second kappa shape index (κ2) is 12.2. The maximum absolute atomic E-state index is 12.2. The zero-order valence-electron chi connectivity index (χ0n) is 24.0. The first kappa shape index (κ1) is 30.5. The van der Waals surface area contributed by atoms with Crippen molar-refractivity contribution in [2.45, 2.75) is 86.7 Å². The summed E-state index contributed by atoms with van der Waals surface area (Å²) in [7, 11) is 0. The standard InChI is InChI=1S/C29H47N5O3/c1-9-27(3,4)17-25-23(18-35)20(2)33-34(25)21-10-11-22(26(31)36)24(16-21)32-19-28(5,6)13-15-37-29(7,8)12-14-30/h10-11,16,18,32H,9,12-15,17,19,30H2,1-8H3,(H2,31,36). The van der Waals surface area contributed by atoms with Gasteiger partial charge in [-0.1, -0.05) is 41.0 Å². The van der Waals surface area contributed by atoms with Gasteiger partial charge in [0.15, 0.2) is 6.29 Å². The summed E-state index contributed by atoms with van der Waals surface area (Å²) in [5, 5.41) is 8.13. The van der Waals surface area contributed by atoms with Crippen LogP contribution in [0.1, 0.15) is 99.8 Å². The lowest BCUT2D eigenvalue weighted by Gasteiger charge is -2.30. The highest BCUT2D eigenvalue weighted by atomic mass is 16.5. The smallest absolute Gasteiger partial charge is 0.250 e. The Labute approximate surface area is 222 Å². The monoisotopic (exact) mass is 513 g/mol. The number of nitrogens with one attached hydrogen (secondary N) is 1. The molecule has 1 aromatic heterocycles. The van der Waals surface area contributed by atoms with Crippen LogP contribution >= 0.6 is 0 Å². The van der Waals surface area contributed by atoms with Crippen LogP contribution in [0.25, 0.3) is 5.69 Å². The van der Waals surface area contributed by atoms with E-state index in [0.717, 1.165) is 36.9 Å². The summed E-state index contributed by atoms with van der Waals surface area (Å²) < 4.78 is 7.89. The summed E-state index contributed by atoms with van der Waals surface area (Å²) in [5.74, 6) is -0.503. The van der Waals surface area contributed by atoms with Gasteiger partial charge in [0.05, 0.1) is 33.8 Å². The van der Waals surface area contributed by atoms with Gasteiger partial charge in [0, 0.05) is 18.8 Å². The van der Waals surface area contributed by atoms with Crippen LogP contribution in [-0.4, -0.2) is 47.3 Å². The maximum Gasteiger partial charge on any atom is 0.250 e. The number of ether oxygens (including phenoxy) is 1. The Morgan fingerprint density at radius 2 is 1.81 bits per heavy atom. The molecule has 37 heavy (non-hydrogen) atoms. The highest BCUT2D eigenvalue weighted by Gasteiger charge is 2.25. The molecule has 0 aliphatic rings. The van der Waals surface area contributed by atoms with Gasteiger partial charge in [-0.05, 0) is 75.6 Å². The zero-order chi connectivity index (χ0) is 28.0. The molecule has 206 valence electrons. The number of anilines is 1. The molecule has 0 atom stereocenters. The van der Waals surface area contributed by atoms with Crippen molar-refractivity contribution in [3.8, 4) is 5.69 Å². The Balaban J connectivity index is 2.33. The summed E-state index contributed by atoms with van der Waals surface area (Å²) in [6.45, 7) is 18.6. The van der Waals surface area contributed by atoms with E-state index < -0.39 is 5.91 Å². The molecule has 0 saturated carbocycles. The molecule has 8 nitrogen and oxygen atoms in total. The number of benzene rings is 1. The van der Waals surface area contributed by atoms with E-state index in [-0.39, 0.29) is 16.4 Å². The van der Waals surface area contributed by atoms with Crippen LogP contribution in [0.4, 0.5) is 5.69 Å². The number of hydrogen-bond donors (Lipinski definition) is 3. The number of rotatable bonds is 15. The molecule has 1 heterocycles. The molecule has 0 bridgehead atoms. The molecule has 5 N–H and O–H groups in total. The Morgan fingerprint density at radius 1 is 1.14 bits per heavy atom. The molecule has 2 aromatic rings. The maximum atomic E-state index is 12.2. The van der Waals surface area contributed by atoms with Crippen LogP contribution in [0.3, 0.4) is 0 Å². The third-order valence-electron chi connectivity index (χ3n) is 7.22. The van der Waals surface area contributed by atoms with Crippen molar-refractivity contribution >= 4 is 17.9 Å². The number of carbonyl (C=O) groups is 2. The summed E-state index contributed by atoms with van der Waals surface area (Å²) in [5.41, 5.74) is 15.0. The van der Waals surface area contributed by atoms with Crippen LogP contribution in [0, 0.1) is 17.8 Å². The zero-order valence-corrected chi connectivity index (χ0v) is 24.0. The fraction of sp³-hybridized carbons (Fsp3) is 0.621. The van der Waals surface area contributed by atoms with Crippen molar-refractivity contribution in [2.24, 2.45) is 22.3 Å². The number of nitrogens with two attached hydrogens (primary N) is 2. The van der Waals surface area contributed by atoms with Crippen LogP contribution in [0.2, 0.25) is 0 Å². The fourth-order valence-corrected chi connectivity index (χ4v) is 4.17. The van der Waals surface area contributed by atoms with E-state index in [0.29, 0.717) is 48.6 Å². The van der Waals surface area contributed by atoms with Crippen molar-refractivity contribution < 1.29 is 14.3 Å². The molecule has 0 saturated heterocycles. The SMILES string of the molecule is CCC(C)(C)Cc1c(C=O)c(C)nn1-c1ccc(C(N)=O)c(NCC(C)(C)CCOC(C)(C)CCN)c1. The minimum absolute atomic E-state index is 0.00103. The van der Waals surface area contributed by atoms with Crippen LogP contribution in [0.15, 0.2) is 18.2 Å². The van der Waals surface area contributed by atoms with E-state index in [4.69, 9.17) is 16.2 Å². The van der Waals surface area contributed by atoms with Gasteiger partial charge in [0.25, 0.3) is 5.91 Å². The third kappa shape index (κ3) is 8.40. The lowest BCUT2D eigenvalue weighted by Crippen LogP contribution is -2.31. The Kier molecular flexibility index (Phi) is 10.1. The second-order valence-electron chi connectivity index (χ2n) is 12.2. The molecular weight excluding hydrogens is 466 g/mol. The molecule has 1 aromatic carbocycles. The van der Waals surface area contributed by atoms with Gasteiger partial charge in [-0.2, -0.15) is 5.10 Å². The number of aryl methyl sites for hydroxylation is 1. The summed E-state index contributed by atoms with van der Waals surface area (Å²) in [4.78, 5) is 24.2. The summed E-state index contributed by atoms with van der Waals surface area (Å²) in [6.07, 6.45) is 4.18. The first-order chi connectivity index (χ1) is 17.1. The first-order valence-electron chi connectivity index (χ1n) is 13.2. The highest BCUT2D eigenvalue weighted by Crippen LogP contribution is 2.31. The van der Waals surface area contributed by atoms with E-state index >= 15 is 0 Å². The number of aromatic nitrogens is 2. The number of aldehydes is 1. The van der Waals surface area contributed by atoms with Gasteiger partial charge in [-0.25, -0.2) is 4.68 Å². The summed E-state index contributed by atoms with van der Waals surface area (Å²) in [6, 6.07) is 5.44. The molecule has 0 aliphatic heterocycles.